The Morgan fingerprint density at radius 2 is 1.12 bits per heavy atom. The van der Waals surface area contributed by atoms with Gasteiger partial charge in [0.05, 0.1) is 45.3 Å². The summed E-state index contributed by atoms with van der Waals surface area (Å²) in [6.07, 6.45) is 13.6. The zero-order valence-electron chi connectivity index (χ0n) is 31.3. The molecule has 6 nitrogen and oxygen atoms in total. The number of rotatable bonds is 6. The van der Waals surface area contributed by atoms with Crippen LogP contribution in [0.4, 0.5) is 8.78 Å². The molecular weight excluding hydrogens is 743 g/mol. The van der Waals surface area contributed by atoms with Crippen molar-refractivity contribution in [2.75, 3.05) is 0 Å². The van der Waals surface area contributed by atoms with Gasteiger partial charge in [0.15, 0.2) is 9.84 Å². The summed E-state index contributed by atoms with van der Waals surface area (Å²) < 4.78 is 57.1. The first-order valence-corrected chi connectivity index (χ1v) is 21.5. The molecule has 0 aliphatic heterocycles. The smallest absolute Gasteiger partial charge is 0.182 e. The van der Waals surface area contributed by atoms with Gasteiger partial charge in [-0.05, 0) is 135 Å². The highest BCUT2D eigenvalue weighted by atomic mass is 32.2. The maximum absolute atomic E-state index is 13.4. The predicted molar refractivity (Wildman–Crippen MR) is 219 cm³/mol. The third-order valence-electron chi connectivity index (χ3n) is 12.4. The Labute approximate surface area is 330 Å². The van der Waals surface area contributed by atoms with E-state index >= 15 is 0 Å². The largest absolute Gasteiger partial charge is 0.233 e. The van der Waals surface area contributed by atoms with Gasteiger partial charge in [-0.15, -0.1) is 11.8 Å². The lowest BCUT2D eigenvalue weighted by molar-refractivity contribution is 0.399. The lowest BCUT2D eigenvalue weighted by atomic mass is 9.75. The van der Waals surface area contributed by atoms with E-state index in [1.165, 1.54) is 46.7 Å². The molecule has 56 heavy (non-hydrogen) atoms. The van der Waals surface area contributed by atoms with Crippen LogP contribution >= 0.6 is 11.8 Å². The van der Waals surface area contributed by atoms with Gasteiger partial charge in [0, 0.05) is 21.0 Å². The fourth-order valence-electron chi connectivity index (χ4n) is 9.31. The number of allylic oxidation sites excluding steroid dienone is 2. The number of hydrogen-bond donors (Lipinski definition) is 0. The Morgan fingerprint density at radius 1 is 0.643 bits per heavy atom. The highest BCUT2D eigenvalue weighted by molar-refractivity contribution is 8.00. The van der Waals surface area contributed by atoms with Gasteiger partial charge in [0.25, 0.3) is 0 Å². The average molecular weight is 785 g/mol. The van der Waals surface area contributed by atoms with Crippen LogP contribution in [0.1, 0.15) is 62.0 Å². The Bertz CT molecular complexity index is 2580. The van der Waals surface area contributed by atoms with Crippen molar-refractivity contribution in [3.05, 3.63) is 167 Å². The van der Waals surface area contributed by atoms with Crippen LogP contribution in [0.2, 0.25) is 0 Å². The van der Waals surface area contributed by atoms with Crippen LogP contribution in [0.15, 0.2) is 143 Å². The van der Waals surface area contributed by atoms with Gasteiger partial charge >= 0.3 is 0 Å². The van der Waals surface area contributed by atoms with E-state index in [1.54, 1.807) is 53.2 Å². The molecule has 0 amide bonds. The summed E-state index contributed by atoms with van der Waals surface area (Å²) in [7, 11) is -3.43. The molecule has 2 fully saturated rings. The van der Waals surface area contributed by atoms with Crippen LogP contribution < -0.4 is 0 Å². The highest BCUT2D eigenvalue weighted by Gasteiger charge is 2.52. The average Bonchev–Trinajstić information content (AvgIpc) is 3.97. The molecule has 0 N–H and O–H groups in total. The van der Waals surface area contributed by atoms with Crippen molar-refractivity contribution in [2.24, 2.45) is 10.8 Å². The standard InChI is InChI=1S/C23H21FN2O2S.C23H21FN2S/c1-23-14-16-15-25-26(19-10-8-18(24)9-11-19)21(16)13-17(23)7-12-22(23)29(27,28)20-5-3-2-4-6-20;1-23-14-16-15-25-26(19-10-8-18(24)9-11-19)21(16)13-17(23)7-12-22(23)27-20-5-3-2-4-6-20/h2-6,8-11,13,15,22H,7,12,14H2,1H3;2-6,8-11,13,15,22H,7,12,14H2,1H3/t2*22-,23+/m11/s1. The second-order valence-corrected chi connectivity index (χ2v) is 19.2. The van der Waals surface area contributed by atoms with Gasteiger partial charge in [0.1, 0.15) is 11.6 Å². The zero-order valence-corrected chi connectivity index (χ0v) is 32.9. The highest BCUT2D eigenvalue weighted by Crippen LogP contribution is 2.56. The van der Waals surface area contributed by atoms with Gasteiger partial charge in [-0.1, -0.05) is 61.4 Å². The molecule has 2 heterocycles. The molecule has 284 valence electrons. The molecule has 6 aromatic rings. The summed E-state index contributed by atoms with van der Waals surface area (Å²) in [6.45, 7) is 4.47. The van der Waals surface area contributed by atoms with Crippen molar-refractivity contribution in [3.8, 4) is 11.4 Å². The zero-order chi connectivity index (χ0) is 38.7. The number of benzene rings is 4. The number of thioether (sulfide) groups is 1. The van der Waals surface area contributed by atoms with Crippen molar-refractivity contribution in [2.45, 2.75) is 72.7 Å². The van der Waals surface area contributed by atoms with Crippen molar-refractivity contribution in [1.82, 2.24) is 19.6 Å². The Kier molecular flexibility index (Phi) is 9.24. The number of hydrogen-bond acceptors (Lipinski definition) is 5. The SMILES string of the molecule is C[C@]12Cc3cnn(-c4ccc(F)cc4)c3C=C1CC[C@H]2S(=O)(=O)c1ccccc1.C[C@]12Cc3cnn(-c4ccc(F)cc4)c3C=C1CC[C@H]2Sc1ccccc1. The minimum atomic E-state index is -3.43. The van der Waals surface area contributed by atoms with Crippen molar-refractivity contribution < 1.29 is 17.2 Å². The fourth-order valence-corrected chi connectivity index (χ4v) is 12.9. The summed E-state index contributed by atoms with van der Waals surface area (Å²) in [5, 5.41) is 9.23. The fraction of sp³-hybridized carbons (Fsp3) is 0.261. The Morgan fingerprint density at radius 3 is 1.68 bits per heavy atom. The summed E-state index contributed by atoms with van der Waals surface area (Å²) in [5.41, 5.74) is 8.52. The van der Waals surface area contributed by atoms with E-state index < -0.39 is 20.5 Å². The van der Waals surface area contributed by atoms with Gasteiger partial charge in [-0.3, -0.25) is 0 Å². The van der Waals surface area contributed by atoms with Crippen LogP contribution in [0.3, 0.4) is 0 Å². The third-order valence-corrected chi connectivity index (χ3v) is 16.4. The van der Waals surface area contributed by atoms with Crippen molar-refractivity contribution >= 4 is 33.8 Å². The van der Waals surface area contributed by atoms with E-state index in [0.717, 1.165) is 53.2 Å². The molecule has 4 aromatic carbocycles. The molecule has 2 saturated carbocycles. The normalized spacial score (nSPS) is 23.5. The lowest BCUT2D eigenvalue weighted by Gasteiger charge is -2.35. The Balaban J connectivity index is 0.000000147. The number of aromatic nitrogens is 4. The summed E-state index contributed by atoms with van der Waals surface area (Å²) in [6, 6.07) is 32.2. The van der Waals surface area contributed by atoms with Crippen molar-refractivity contribution in [3.63, 3.8) is 0 Å². The quantitative estimate of drug-likeness (QED) is 0.168. The minimum Gasteiger partial charge on any atom is -0.233 e. The van der Waals surface area contributed by atoms with Crippen LogP contribution in [0.5, 0.6) is 0 Å². The molecule has 0 bridgehead atoms. The minimum absolute atomic E-state index is 0.171. The third kappa shape index (κ3) is 6.36. The van der Waals surface area contributed by atoms with E-state index in [2.05, 4.69) is 66.5 Å². The van der Waals surface area contributed by atoms with Crippen LogP contribution in [-0.2, 0) is 22.7 Å². The molecular formula is C46H42F2N4O2S2. The van der Waals surface area contributed by atoms with Crippen LogP contribution in [0.25, 0.3) is 23.5 Å². The maximum Gasteiger partial charge on any atom is 0.182 e. The maximum atomic E-state index is 13.4. The molecule has 4 atom stereocenters. The molecule has 4 aliphatic carbocycles. The molecule has 2 aromatic heterocycles. The first-order valence-electron chi connectivity index (χ1n) is 19.1. The first-order chi connectivity index (χ1) is 27.0. The van der Waals surface area contributed by atoms with Gasteiger partial charge in [-0.2, -0.15) is 10.2 Å². The van der Waals surface area contributed by atoms with Gasteiger partial charge < -0.3 is 0 Å². The van der Waals surface area contributed by atoms with E-state index in [-0.39, 0.29) is 17.0 Å². The van der Waals surface area contributed by atoms with E-state index in [0.29, 0.717) is 23.0 Å². The topological polar surface area (TPSA) is 69.8 Å². The van der Waals surface area contributed by atoms with Crippen LogP contribution in [-0.4, -0.2) is 38.5 Å². The molecule has 0 unspecified atom stereocenters. The lowest BCUT2D eigenvalue weighted by Crippen LogP contribution is -2.38. The second kappa shape index (κ2) is 14.2. The molecule has 0 spiro atoms. The summed E-state index contributed by atoms with van der Waals surface area (Å²) in [5.74, 6) is -0.507. The molecule has 0 saturated heterocycles. The predicted octanol–water partition coefficient (Wildman–Crippen LogP) is 10.5. The number of sulfone groups is 1. The van der Waals surface area contributed by atoms with Gasteiger partial charge in [-0.25, -0.2) is 26.6 Å². The Hall–Kier alpha value is -5.06. The number of halogens is 2. The second-order valence-electron chi connectivity index (χ2n) is 15.8. The molecule has 10 rings (SSSR count). The molecule has 4 aliphatic rings. The number of fused-ring (bicyclic) bond motifs is 4. The summed E-state index contributed by atoms with van der Waals surface area (Å²) >= 11 is 2.01. The monoisotopic (exact) mass is 784 g/mol. The van der Waals surface area contributed by atoms with Gasteiger partial charge in [0.2, 0.25) is 0 Å². The molecule has 10 heteroatoms. The van der Waals surface area contributed by atoms with E-state index in [4.69, 9.17) is 0 Å². The molecule has 0 radical (unpaired) electrons. The number of nitrogens with zero attached hydrogens (tertiary/aromatic N) is 4. The summed E-state index contributed by atoms with van der Waals surface area (Å²) in [4.78, 5) is 1.73. The first kappa shape index (κ1) is 36.6. The van der Waals surface area contributed by atoms with Crippen LogP contribution in [0, 0.1) is 22.5 Å². The van der Waals surface area contributed by atoms with E-state index in [1.807, 2.05) is 34.9 Å². The van der Waals surface area contributed by atoms with E-state index in [9.17, 15) is 17.2 Å². The van der Waals surface area contributed by atoms with Crippen molar-refractivity contribution in [1.29, 1.82) is 0 Å².